The molecule has 0 aliphatic rings. The summed E-state index contributed by atoms with van der Waals surface area (Å²) in [6.07, 6.45) is -2.45. The third kappa shape index (κ3) is 5.46. The molecule has 0 saturated heterocycles. The monoisotopic (exact) mass is 307 g/mol. The van der Waals surface area contributed by atoms with Gasteiger partial charge in [-0.1, -0.05) is 29.8 Å². The summed E-state index contributed by atoms with van der Waals surface area (Å²) in [6, 6.07) is 5.61. The molecule has 1 aromatic rings. The van der Waals surface area contributed by atoms with Crippen molar-refractivity contribution in [3.05, 3.63) is 28.2 Å². The molecule has 0 spiro atoms. The normalized spacial score (nSPS) is 11.2. The van der Waals surface area contributed by atoms with Crippen LogP contribution in [0.1, 0.15) is 19.4 Å². The van der Waals surface area contributed by atoms with Crippen LogP contribution < -0.4 is 10.1 Å². The van der Waals surface area contributed by atoms with Crippen LogP contribution in [-0.4, -0.2) is 19.1 Å². The minimum Gasteiger partial charge on any atom is -0.488 e. The van der Waals surface area contributed by atoms with Crippen molar-refractivity contribution in [3.63, 3.8) is 0 Å². The van der Waals surface area contributed by atoms with Crippen molar-refractivity contribution in [1.29, 1.82) is 0 Å². The summed E-state index contributed by atoms with van der Waals surface area (Å²) in [4.78, 5) is 0. The molecule has 1 aromatic carbocycles. The Bertz CT molecular complexity index is 358. The number of ether oxygens (including phenoxy) is 1. The fourth-order valence-corrected chi connectivity index (χ4v) is 1.64. The molecule has 2 nitrogen and oxygen atoms in total. The Morgan fingerprint density at radius 1 is 1.35 bits per heavy atom. The molecule has 0 radical (unpaired) electrons. The van der Waals surface area contributed by atoms with E-state index in [2.05, 4.69) is 21.2 Å². The number of hydrogen-bond acceptors (Lipinski definition) is 2. The Kier molecular flexibility index (Phi) is 5.85. The smallest absolute Gasteiger partial charge is 0.272 e. The van der Waals surface area contributed by atoms with E-state index in [1.165, 1.54) is 0 Å². The predicted octanol–water partition coefficient (Wildman–Crippen LogP) is 3.59. The maximum atomic E-state index is 12.0. The molecule has 5 heteroatoms. The first-order chi connectivity index (χ1) is 7.99. The summed E-state index contributed by atoms with van der Waals surface area (Å²) < 4.78 is 29.9. The molecule has 0 amide bonds. The van der Waals surface area contributed by atoms with Crippen molar-refractivity contribution < 1.29 is 13.5 Å². The summed E-state index contributed by atoms with van der Waals surface area (Å²) in [5.41, 5.74) is 0.991. The Balaban J connectivity index is 2.65. The van der Waals surface area contributed by atoms with Gasteiger partial charge in [-0.3, -0.25) is 0 Å². The van der Waals surface area contributed by atoms with Gasteiger partial charge in [-0.15, -0.1) is 0 Å². The summed E-state index contributed by atoms with van der Waals surface area (Å²) in [5, 5.41) is 3.26. The molecular weight excluding hydrogens is 292 g/mol. The van der Waals surface area contributed by atoms with Crippen LogP contribution in [0.4, 0.5) is 8.78 Å². The number of halogens is 3. The zero-order valence-electron chi connectivity index (χ0n) is 9.84. The molecule has 0 unspecified atom stereocenters. The molecule has 17 heavy (non-hydrogen) atoms. The molecule has 0 aromatic heterocycles. The number of benzene rings is 1. The quantitative estimate of drug-likeness (QED) is 0.867. The van der Waals surface area contributed by atoms with Crippen molar-refractivity contribution in [3.8, 4) is 5.75 Å². The zero-order valence-corrected chi connectivity index (χ0v) is 11.4. The van der Waals surface area contributed by atoms with E-state index in [-0.39, 0.29) is 0 Å². The Labute approximate surface area is 108 Å². The molecule has 0 aliphatic heterocycles. The Hall–Kier alpha value is -0.680. The van der Waals surface area contributed by atoms with Crippen molar-refractivity contribution in [2.45, 2.75) is 32.9 Å². The van der Waals surface area contributed by atoms with Gasteiger partial charge in [0.2, 0.25) is 0 Å². The molecule has 0 atom stereocenters. The third-order valence-electron chi connectivity index (χ3n) is 2.09. The number of alkyl halides is 2. The molecule has 0 bridgehead atoms. The van der Waals surface area contributed by atoms with Crippen LogP contribution >= 0.6 is 15.9 Å². The van der Waals surface area contributed by atoms with Gasteiger partial charge in [0.1, 0.15) is 12.4 Å². The van der Waals surface area contributed by atoms with E-state index >= 15 is 0 Å². The Morgan fingerprint density at radius 2 is 2.06 bits per heavy atom. The van der Waals surface area contributed by atoms with Crippen LogP contribution in [0.5, 0.6) is 5.75 Å². The van der Waals surface area contributed by atoms with Gasteiger partial charge in [0.05, 0.1) is 0 Å². The lowest BCUT2D eigenvalue weighted by Gasteiger charge is -2.12. The van der Waals surface area contributed by atoms with Gasteiger partial charge in [0.15, 0.2) is 0 Å². The average molecular weight is 308 g/mol. The molecule has 1 N–H and O–H groups in total. The fraction of sp³-hybridized carbons (Fsp3) is 0.500. The van der Waals surface area contributed by atoms with Crippen LogP contribution in [0.25, 0.3) is 0 Å². The third-order valence-corrected chi connectivity index (χ3v) is 2.87. The number of rotatable bonds is 6. The molecule has 0 saturated carbocycles. The highest BCUT2D eigenvalue weighted by atomic mass is 79.9. The van der Waals surface area contributed by atoms with E-state index in [4.69, 9.17) is 4.74 Å². The van der Waals surface area contributed by atoms with Crippen molar-refractivity contribution in [2.75, 3.05) is 6.61 Å². The Morgan fingerprint density at radius 3 is 2.65 bits per heavy atom. The second kappa shape index (κ2) is 6.91. The zero-order chi connectivity index (χ0) is 12.8. The largest absolute Gasteiger partial charge is 0.488 e. The molecule has 0 fully saturated rings. The average Bonchev–Trinajstić information content (AvgIpc) is 2.26. The van der Waals surface area contributed by atoms with Gasteiger partial charge in [-0.2, -0.15) is 0 Å². The number of nitrogens with one attached hydrogen (secondary N) is 1. The molecular formula is C12H16BrF2NO. The van der Waals surface area contributed by atoms with E-state index in [0.717, 1.165) is 10.0 Å². The fourth-order valence-electron chi connectivity index (χ4n) is 1.25. The standard InChI is InChI=1S/C12H16BrF2NO/c1-8(2)16-6-9-5-10(3-4-11(9)13)17-7-12(14)15/h3-5,8,12,16H,6-7H2,1-2H3. The lowest BCUT2D eigenvalue weighted by atomic mass is 10.2. The summed E-state index contributed by atoms with van der Waals surface area (Å²) >= 11 is 3.42. The predicted molar refractivity (Wildman–Crippen MR) is 67.6 cm³/mol. The SMILES string of the molecule is CC(C)NCc1cc(OCC(F)F)ccc1Br. The lowest BCUT2D eigenvalue weighted by Crippen LogP contribution is -2.22. The van der Waals surface area contributed by atoms with Crippen LogP contribution in [0.2, 0.25) is 0 Å². The number of hydrogen-bond donors (Lipinski definition) is 1. The first-order valence-electron chi connectivity index (χ1n) is 5.41. The van der Waals surface area contributed by atoms with Gasteiger partial charge in [0.25, 0.3) is 6.43 Å². The van der Waals surface area contributed by atoms with Gasteiger partial charge >= 0.3 is 0 Å². The van der Waals surface area contributed by atoms with Gasteiger partial charge in [-0.25, -0.2) is 8.78 Å². The van der Waals surface area contributed by atoms with Crippen molar-refractivity contribution in [1.82, 2.24) is 5.32 Å². The first kappa shape index (κ1) is 14.4. The highest BCUT2D eigenvalue weighted by molar-refractivity contribution is 9.10. The van der Waals surface area contributed by atoms with E-state index in [9.17, 15) is 8.78 Å². The highest BCUT2D eigenvalue weighted by Gasteiger charge is 2.06. The second-order valence-corrected chi connectivity index (χ2v) is 4.85. The van der Waals surface area contributed by atoms with Crippen LogP contribution in [0.3, 0.4) is 0 Å². The van der Waals surface area contributed by atoms with Gasteiger partial charge in [-0.05, 0) is 23.8 Å². The van der Waals surface area contributed by atoms with Crippen molar-refractivity contribution >= 4 is 15.9 Å². The van der Waals surface area contributed by atoms with E-state index in [1.807, 2.05) is 13.8 Å². The first-order valence-corrected chi connectivity index (χ1v) is 6.21. The van der Waals surface area contributed by atoms with E-state index in [0.29, 0.717) is 18.3 Å². The topological polar surface area (TPSA) is 21.3 Å². The van der Waals surface area contributed by atoms with Gasteiger partial charge < -0.3 is 10.1 Å². The van der Waals surface area contributed by atoms with Gasteiger partial charge in [0, 0.05) is 17.1 Å². The molecule has 0 heterocycles. The van der Waals surface area contributed by atoms with Crippen LogP contribution in [-0.2, 0) is 6.54 Å². The second-order valence-electron chi connectivity index (χ2n) is 3.99. The minimum absolute atomic E-state index is 0.368. The van der Waals surface area contributed by atoms with Crippen LogP contribution in [0.15, 0.2) is 22.7 Å². The summed E-state index contributed by atoms with van der Waals surface area (Å²) in [7, 11) is 0. The molecule has 1 rings (SSSR count). The van der Waals surface area contributed by atoms with E-state index in [1.54, 1.807) is 18.2 Å². The summed E-state index contributed by atoms with van der Waals surface area (Å²) in [5.74, 6) is 0.467. The maximum Gasteiger partial charge on any atom is 0.272 e. The van der Waals surface area contributed by atoms with E-state index < -0.39 is 13.0 Å². The van der Waals surface area contributed by atoms with Crippen LogP contribution in [0, 0.1) is 0 Å². The minimum atomic E-state index is -2.45. The highest BCUT2D eigenvalue weighted by Crippen LogP contribution is 2.23. The van der Waals surface area contributed by atoms with Crippen molar-refractivity contribution in [2.24, 2.45) is 0 Å². The molecule has 96 valence electrons. The maximum absolute atomic E-state index is 12.0. The summed E-state index contributed by atoms with van der Waals surface area (Å²) in [6.45, 7) is 4.19. The molecule has 0 aliphatic carbocycles. The lowest BCUT2D eigenvalue weighted by molar-refractivity contribution is 0.0818.